The van der Waals surface area contributed by atoms with Gasteiger partial charge in [0, 0.05) is 24.8 Å². The van der Waals surface area contributed by atoms with E-state index in [1.165, 1.54) is 24.2 Å². The van der Waals surface area contributed by atoms with Gasteiger partial charge in [-0.05, 0) is 32.1 Å². The quantitative estimate of drug-likeness (QED) is 0.754. The molecule has 2 unspecified atom stereocenters. The Bertz CT molecular complexity index is 368. The smallest absolute Gasteiger partial charge is 0.135 e. The highest BCUT2D eigenvalue weighted by molar-refractivity contribution is 5.20. The Morgan fingerprint density at radius 3 is 3.06 bits per heavy atom. The highest BCUT2D eigenvalue weighted by Crippen LogP contribution is 2.28. The van der Waals surface area contributed by atoms with Crippen LogP contribution in [0.25, 0.3) is 0 Å². The molecule has 0 radical (unpaired) electrons. The first-order valence-corrected chi connectivity index (χ1v) is 6.28. The zero-order chi connectivity index (χ0) is 11.0. The van der Waals surface area contributed by atoms with Crippen molar-refractivity contribution < 1.29 is 4.74 Å². The normalized spacial score (nSPS) is 30.1. The first-order chi connectivity index (χ1) is 7.83. The first-order valence-electron chi connectivity index (χ1n) is 6.28. The van der Waals surface area contributed by atoms with Crippen molar-refractivity contribution in [1.82, 2.24) is 9.97 Å². The number of H-pyrrole nitrogens is 1. The Morgan fingerprint density at radius 1 is 1.31 bits per heavy atom. The Balaban J connectivity index is 1.80. The van der Waals surface area contributed by atoms with Gasteiger partial charge in [0.05, 0.1) is 5.69 Å². The van der Waals surface area contributed by atoms with Gasteiger partial charge < -0.3 is 15.5 Å². The largest absolute Gasteiger partial charge is 0.370 e. The van der Waals surface area contributed by atoms with Crippen molar-refractivity contribution in [2.75, 3.05) is 6.61 Å². The van der Waals surface area contributed by atoms with Crippen molar-refractivity contribution in [2.45, 2.75) is 50.7 Å². The summed E-state index contributed by atoms with van der Waals surface area (Å²) in [6.07, 6.45) is 6.73. The van der Waals surface area contributed by atoms with Crippen molar-refractivity contribution in [3.63, 3.8) is 0 Å². The van der Waals surface area contributed by atoms with Gasteiger partial charge in [-0.15, -0.1) is 0 Å². The Labute approximate surface area is 95.6 Å². The molecule has 3 N–H and O–H groups in total. The molecule has 88 valence electrons. The van der Waals surface area contributed by atoms with Gasteiger partial charge in [0.25, 0.3) is 0 Å². The summed E-state index contributed by atoms with van der Waals surface area (Å²) in [4.78, 5) is 8.09. The lowest BCUT2D eigenvalue weighted by atomic mass is 9.97. The van der Waals surface area contributed by atoms with E-state index < -0.39 is 0 Å². The summed E-state index contributed by atoms with van der Waals surface area (Å²) >= 11 is 0. The van der Waals surface area contributed by atoms with Crippen LogP contribution in [-0.4, -0.2) is 22.6 Å². The number of hydrogen-bond acceptors (Lipinski definition) is 3. The van der Waals surface area contributed by atoms with Crippen LogP contribution >= 0.6 is 0 Å². The van der Waals surface area contributed by atoms with Gasteiger partial charge in [-0.25, -0.2) is 4.98 Å². The van der Waals surface area contributed by atoms with Gasteiger partial charge in [-0.3, -0.25) is 0 Å². The second-order valence-electron chi connectivity index (χ2n) is 4.91. The van der Waals surface area contributed by atoms with Gasteiger partial charge in [0.15, 0.2) is 0 Å². The van der Waals surface area contributed by atoms with Crippen LogP contribution in [0.3, 0.4) is 0 Å². The van der Waals surface area contributed by atoms with E-state index in [0.717, 1.165) is 38.1 Å². The molecular weight excluding hydrogens is 202 g/mol. The van der Waals surface area contributed by atoms with Crippen LogP contribution in [0.5, 0.6) is 0 Å². The molecule has 0 amide bonds. The number of aromatic nitrogens is 2. The molecule has 16 heavy (non-hydrogen) atoms. The van der Waals surface area contributed by atoms with E-state index in [4.69, 9.17) is 10.5 Å². The predicted octanol–water partition coefficient (Wildman–Crippen LogP) is 1.47. The van der Waals surface area contributed by atoms with Crippen LogP contribution in [0, 0.1) is 0 Å². The second kappa shape index (κ2) is 4.18. The monoisotopic (exact) mass is 221 g/mol. The number of rotatable bonds is 1. The zero-order valence-corrected chi connectivity index (χ0v) is 9.54. The van der Waals surface area contributed by atoms with E-state index >= 15 is 0 Å². The summed E-state index contributed by atoms with van der Waals surface area (Å²) in [5.74, 6) is 1.03. The molecule has 4 heteroatoms. The molecule has 0 bridgehead atoms. The van der Waals surface area contributed by atoms with Crippen LogP contribution in [-0.2, 0) is 17.6 Å². The molecule has 1 aromatic rings. The van der Waals surface area contributed by atoms with Crippen LogP contribution in [0.1, 0.15) is 49.0 Å². The minimum atomic E-state index is 0.190. The fourth-order valence-corrected chi connectivity index (χ4v) is 2.64. The molecule has 2 heterocycles. The molecule has 1 fully saturated rings. The van der Waals surface area contributed by atoms with Crippen LogP contribution < -0.4 is 5.73 Å². The molecule has 1 aliphatic carbocycles. The number of nitrogens with one attached hydrogen (secondary N) is 1. The maximum atomic E-state index is 5.96. The van der Waals surface area contributed by atoms with E-state index in [9.17, 15) is 0 Å². The summed E-state index contributed by atoms with van der Waals surface area (Å²) in [6.45, 7) is 0.871. The molecule has 2 atom stereocenters. The fourth-order valence-electron chi connectivity index (χ4n) is 2.64. The molecule has 0 spiro atoms. The maximum Gasteiger partial charge on any atom is 0.135 e. The highest BCUT2D eigenvalue weighted by Gasteiger charge is 2.24. The van der Waals surface area contributed by atoms with Gasteiger partial charge in [0.1, 0.15) is 11.9 Å². The number of imidazole rings is 1. The molecule has 0 aromatic carbocycles. The Kier molecular flexibility index (Phi) is 2.69. The standard InChI is InChI=1S/C12H19N3O/c13-8-4-5-9-10(7-8)15-12(14-9)11-3-1-2-6-16-11/h8,11H,1-7,13H2,(H,14,15). The predicted molar refractivity (Wildman–Crippen MR) is 61.1 cm³/mol. The molecule has 1 saturated heterocycles. The van der Waals surface area contributed by atoms with E-state index in [1.54, 1.807) is 0 Å². The lowest BCUT2D eigenvalue weighted by Crippen LogP contribution is -2.27. The minimum Gasteiger partial charge on any atom is -0.370 e. The number of aromatic amines is 1. The minimum absolute atomic E-state index is 0.190. The topological polar surface area (TPSA) is 63.9 Å². The number of hydrogen-bond donors (Lipinski definition) is 2. The number of nitrogens with zero attached hydrogens (tertiary/aromatic N) is 1. The third-order valence-electron chi connectivity index (χ3n) is 3.59. The van der Waals surface area contributed by atoms with E-state index in [1.807, 2.05) is 0 Å². The SMILES string of the molecule is NC1CCc2nc(C3CCCCO3)[nH]c2C1. The summed E-state index contributed by atoms with van der Waals surface area (Å²) in [6, 6.07) is 0.299. The second-order valence-corrected chi connectivity index (χ2v) is 4.91. The lowest BCUT2D eigenvalue weighted by Gasteiger charge is -2.20. The molecule has 2 aliphatic rings. The zero-order valence-electron chi connectivity index (χ0n) is 9.54. The van der Waals surface area contributed by atoms with Gasteiger partial charge in [-0.2, -0.15) is 0 Å². The lowest BCUT2D eigenvalue weighted by molar-refractivity contribution is 0.00985. The Hall–Kier alpha value is -0.870. The summed E-state index contributed by atoms with van der Waals surface area (Å²) in [5.41, 5.74) is 8.41. The summed E-state index contributed by atoms with van der Waals surface area (Å²) in [7, 11) is 0. The van der Waals surface area contributed by atoms with E-state index in [2.05, 4.69) is 9.97 Å². The molecule has 4 nitrogen and oxygen atoms in total. The molecule has 0 saturated carbocycles. The van der Waals surface area contributed by atoms with Gasteiger partial charge in [-0.1, -0.05) is 0 Å². The fraction of sp³-hybridized carbons (Fsp3) is 0.750. The van der Waals surface area contributed by atoms with Crippen LogP contribution in [0.4, 0.5) is 0 Å². The highest BCUT2D eigenvalue weighted by atomic mass is 16.5. The van der Waals surface area contributed by atoms with Crippen molar-refractivity contribution in [3.8, 4) is 0 Å². The number of nitrogens with two attached hydrogens (primary N) is 1. The van der Waals surface area contributed by atoms with Gasteiger partial charge in [0.2, 0.25) is 0 Å². The number of ether oxygens (including phenoxy) is 1. The molecular formula is C12H19N3O. The first kappa shape index (κ1) is 10.3. The van der Waals surface area contributed by atoms with Crippen LogP contribution in [0.2, 0.25) is 0 Å². The van der Waals surface area contributed by atoms with Gasteiger partial charge >= 0.3 is 0 Å². The molecule has 1 aromatic heterocycles. The van der Waals surface area contributed by atoms with Crippen molar-refractivity contribution in [1.29, 1.82) is 0 Å². The number of fused-ring (bicyclic) bond motifs is 1. The summed E-state index contributed by atoms with van der Waals surface area (Å²) in [5, 5.41) is 0. The van der Waals surface area contributed by atoms with Crippen molar-refractivity contribution in [3.05, 3.63) is 17.2 Å². The number of aryl methyl sites for hydroxylation is 1. The van der Waals surface area contributed by atoms with E-state index in [-0.39, 0.29) is 6.10 Å². The third kappa shape index (κ3) is 1.87. The van der Waals surface area contributed by atoms with Crippen LogP contribution in [0.15, 0.2) is 0 Å². The van der Waals surface area contributed by atoms with E-state index in [0.29, 0.717) is 6.04 Å². The molecule has 1 aliphatic heterocycles. The molecule has 3 rings (SSSR count). The third-order valence-corrected chi connectivity index (χ3v) is 3.59. The average Bonchev–Trinajstić information content (AvgIpc) is 2.73. The maximum absolute atomic E-state index is 5.96. The van der Waals surface area contributed by atoms with Crippen molar-refractivity contribution >= 4 is 0 Å². The Morgan fingerprint density at radius 2 is 2.25 bits per heavy atom. The van der Waals surface area contributed by atoms with Crippen molar-refractivity contribution in [2.24, 2.45) is 5.73 Å². The summed E-state index contributed by atoms with van der Waals surface area (Å²) < 4.78 is 5.74. The average molecular weight is 221 g/mol.